The molecule has 11 nitrogen and oxygen atoms in total. The molecular weight excluding hydrogens is 480 g/mol. The van der Waals surface area contributed by atoms with Crippen molar-refractivity contribution < 1.29 is 33.9 Å². The van der Waals surface area contributed by atoms with Crippen molar-refractivity contribution >= 4 is 41.2 Å². The van der Waals surface area contributed by atoms with Gasteiger partial charge >= 0.3 is 5.97 Å². The first-order valence-corrected chi connectivity index (χ1v) is 11.9. The van der Waals surface area contributed by atoms with Gasteiger partial charge in [0.25, 0.3) is 17.7 Å². The van der Waals surface area contributed by atoms with Gasteiger partial charge < -0.3 is 14.9 Å². The Kier molecular flexibility index (Phi) is 5.98. The Morgan fingerprint density at radius 1 is 0.919 bits per heavy atom. The fourth-order valence-electron chi connectivity index (χ4n) is 5.04. The normalized spacial score (nSPS) is 19.7. The maximum Gasteiger partial charge on any atom is 0.335 e. The third kappa shape index (κ3) is 4.22. The van der Waals surface area contributed by atoms with Crippen LogP contribution in [-0.4, -0.2) is 82.6 Å². The van der Waals surface area contributed by atoms with Gasteiger partial charge in [-0.2, -0.15) is 0 Å². The zero-order chi connectivity index (χ0) is 26.4. The van der Waals surface area contributed by atoms with Crippen LogP contribution in [0.1, 0.15) is 59.8 Å². The number of carboxylic acid groups (broad SMARTS) is 1. The molecule has 2 saturated heterocycles. The molecular formula is C26H24N4O7. The average molecular weight is 504 g/mol. The third-order valence-corrected chi connectivity index (χ3v) is 7.06. The van der Waals surface area contributed by atoms with Gasteiger partial charge in [0, 0.05) is 43.9 Å². The lowest BCUT2D eigenvalue weighted by Gasteiger charge is -2.36. The van der Waals surface area contributed by atoms with E-state index in [1.807, 2.05) is 4.90 Å². The number of imide groups is 2. The van der Waals surface area contributed by atoms with E-state index >= 15 is 0 Å². The van der Waals surface area contributed by atoms with Crippen LogP contribution in [0, 0.1) is 6.92 Å². The van der Waals surface area contributed by atoms with E-state index in [0.29, 0.717) is 37.3 Å². The molecule has 1 atom stereocenters. The van der Waals surface area contributed by atoms with Crippen molar-refractivity contribution in [1.82, 2.24) is 15.1 Å². The topological polar surface area (TPSA) is 144 Å². The quantitative estimate of drug-likeness (QED) is 0.588. The Morgan fingerprint density at radius 3 is 2.27 bits per heavy atom. The Balaban J connectivity index is 1.27. The number of carbonyl (C=O) groups is 6. The third-order valence-electron chi connectivity index (χ3n) is 7.06. The lowest BCUT2D eigenvalue weighted by atomic mass is 10.0. The molecule has 3 aliphatic rings. The smallest absolute Gasteiger partial charge is 0.335 e. The Bertz CT molecular complexity index is 1380. The van der Waals surface area contributed by atoms with Gasteiger partial charge in [0.05, 0.1) is 16.7 Å². The molecule has 2 N–H and O–H groups in total. The van der Waals surface area contributed by atoms with Crippen molar-refractivity contribution in [1.29, 1.82) is 0 Å². The lowest BCUT2D eigenvalue weighted by molar-refractivity contribution is -0.136. The molecule has 2 aromatic carbocycles. The number of amides is 5. The summed E-state index contributed by atoms with van der Waals surface area (Å²) in [7, 11) is 0. The van der Waals surface area contributed by atoms with Crippen molar-refractivity contribution in [3.63, 3.8) is 0 Å². The van der Waals surface area contributed by atoms with Gasteiger partial charge in [-0.25, -0.2) is 4.79 Å². The van der Waals surface area contributed by atoms with Crippen LogP contribution < -0.4 is 10.2 Å². The van der Waals surface area contributed by atoms with Crippen LogP contribution >= 0.6 is 0 Å². The molecule has 0 bridgehead atoms. The van der Waals surface area contributed by atoms with E-state index in [2.05, 4.69) is 5.32 Å². The van der Waals surface area contributed by atoms with Crippen molar-refractivity contribution in [3.8, 4) is 0 Å². The second-order valence-electron chi connectivity index (χ2n) is 9.29. The molecule has 5 amide bonds. The Labute approximate surface area is 211 Å². The van der Waals surface area contributed by atoms with Gasteiger partial charge in [0.15, 0.2) is 0 Å². The minimum Gasteiger partial charge on any atom is -0.478 e. The second kappa shape index (κ2) is 9.16. The number of rotatable bonds is 4. The van der Waals surface area contributed by atoms with Gasteiger partial charge in [0.2, 0.25) is 11.8 Å². The largest absolute Gasteiger partial charge is 0.478 e. The average Bonchev–Trinajstić information content (AvgIpc) is 3.12. The molecule has 11 heteroatoms. The molecule has 0 spiro atoms. The molecule has 2 aromatic rings. The van der Waals surface area contributed by atoms with E-state index < -0.39 is 35.6 Å². The van der Waals surface area contributed by atoms with Crippen LogP contribution in [0.3, 0.4) is 0 Å². The molecule has 1 unspecified atom stereocenters. The summed E-state index contributed by atoms with van der Waals surface area (Å²) in [5.74, 6) is -3.43. The maximum absolute atomic E-state index is 13.1. The van der Waals surface area contributed by atoms with Crippen molar-refractivity contribution in [3.05, 3.63) is 64.2 Å². The molecule has 0 radical (unpaired) electrons. The van der Waals surface area contributed by atoms with Crippen LogP contribution in [0.2, 0.25) is 0 Å². The molecule has 0 aromatic heterocycles. The van der Waals surface area contributed by atoms with Gasteiger partial charge in [-0.3, -0.25) is 34.2 Å². The highest BCUT2D eigenvalue weighted by molar-refractivity contribution is 6.23. The summed E-state index contributed by atoms with van der Waals surface area (Å²) in [6, 6.07) is 8.45. The zero-order valence-electron chi connectivity index (χ0n) is 20.0. The number of benzene rings is 2. The summed E-state index contributed by atoms with van der Waals surface area (Å²) in [5, 5.41) is 11.4. The first-order chi connectivity index (χ1) is 17.7. The highest BCUT2D eigenvalue weighted by atomic mass is 16.4. The summed E-state index contributed by atoms with van der Waals surface area (Å²) in [6.45, 7) is 3.49. The molecule has 3 heterocycles. The number of nitrogens with zero attached hydrogens (tertiary/aromatic N) is 3. The van der Waals surface area contributed by atoms with Gasteiger partial charge in [-0.15, -0.1) is 0 Å². The van der Waals surface area contributed by atoms with E-state index in [0.717, 1.165) is 10.6 Å². The van der Waals surface area contributed by atoms with Crippen LogP contribution in [0.5, 0.6) is 0 Å². The highest BCUT2D eigenvalue weighted by Crippen LogP contribution is 2.31. The maximum atomic E-state index is 13.1. The summed E-state index contributed by atoms with van der Waals surface area (Å²) < 4.78 is 0. The number of aryl methyl sites for hydroxylation is 1. The summed E-state index contributed by atoms with van der Waals surface area (Å²) in [5.41, 5.74) is 2.24. The molecule has 0 aliphatic carbocycles. The number of carbonyl (C=O) groups excluding carboxylic acids is 5. The standard InChI is InChI=1S/C26H24N4O7/c1-14-12-15(2-4-17(14)26(36)37)23(33)29-10-8-28(9-11-29)16-3-5-18-19(13-16)25(35)30(24(18)34)20-6-7-21(31)27-22(20)32/h2-5,12-13,20H,6-11H2,1H3,(H,36,37)(H,27,31,32). The highest BCUT2D eigenvalue weighted by Gasteiger charge is 2.44. The predicted octanol–water partition coefficient (Wildman–Crippen LogP) is 1.06. The first-order valence-electron chi connectivity index (χ1n) is 11.9. The fourth-order valence-corrected chi connectivity index (χ4v) is 5.04. The number of aromatic carboxylic acids is 1. The number of fused-ring (bicyclic) bond motifs is 1. The predicted molar refractivity (Wildman–Crippen MR) is 129 cm³/mol. The molecule has 0 saturated carbocycles. The first kappa shape index (κ1) is 24.2. The Hall–Kier alpha value is -4.54. The Morgan fingerprint density at radius 2 is 1.62 bits per heavy atom. The lowest BCUT2D eigenvalue weighted by Crippen LogP contribution is -2.54. The van der Waals surface area contributed by atoms with Gasteiger partial charge in [0.1, 0.15) is 6.04 Å². The van der Waals surface area contributed by atoms with E-state index in [1.54, 1.807) is 36.1 Å². The number of nitrogens with one attached hydrogen (secondary N) is 1. The number of piperazine rings is 1. The van der Waals surface area contributed by atoms with Gasteiger partial charge in [-0.05, 0) is 55.3 Å². The molecule has 37 heavy (non-hydrogen) atoms. The number of piperidine rings is 1. The summed E-state index contributed by atoms with van der Waals surface area (Å²) >= 11 is 0. The van der Waals surface area contributed by atoms with E-state index in [9.17, 15) is 33.9 Å². The van der Waals surface area contributed by atoms with Crippen molar-refractivity contribution in [2.24, 2.45) is 0 Å². The number of anilines is 1. The van der Waals surface area contributed by atoms with Crippen LogP contribution in [0.4, 0.5) is 5.69 Å². The fraction of sp³-hybridized carbons (Fsp3) is 0.308. The van der Waals surface area contributed by atoms with E-state index in [-0.39, 0.29) is 35.4 Å². The second-order valence-corrected chi connectivity index (χ2v) is 9.29. The van der Waals surface area contributed by atoms with Gasteiger partial charge in [-0.1, -0.05) is 0 Å². The number of hydrogen-bond donors (Lipinski definition) is 2. The minimum absolute atomic E-state index is 0.0569. The number of hydrogen-bond acceptors (Lipinski definition) is 7. The zero-order valence-corrected chi connectivity index (χ0v) is 20.0. The monoisotopic (exact) mass is 504 g/mol. The minimum atomic E-state index is -1.04. The molecule has 3 aliphatic heterocycles. The van der Waals surface area contributed by atoms with Crippen LogP contribution in [0.25, 0.3) is 0 Å². The van der Waals surface area contributed by atoms with Crippen LogP contribution in [0.15, 0.2) is 36.4 Å². The molecule has 2 fully saturated rings. The molecule has 190 valence electrons. The summed E-state index contributed by atoms with van der Waals surface area (Å²) in [6.07, 6.45) is 0.152. The van der Waals surface area contributed by atoms with Crippen molar-refractivity contribution in [2.75, 3.05) is 31.1 Å². The van der Waals surface area contributed by atoms with E-state index in [4.69, 9.17) is 0 Å². The van der Waals surface area contributed by atoms with Crippen molar-refractivity contribution in [2.45, 2.75) is 25.8 Å². The van der Waals surface area contributed by atoms with E-state index in [1.165, 1.54) is 12.1 Å². The number of carboxylic acids is 1. The van der Waals surface area contributed by atoms with Crippen LogP contribution in [-0.2, 0) is 9.59 Å². The molecule has 5 rings (SSSR count). The summed E-state index contributed by atoms with van der Waals surface area (Å²) in [4.78, 5) is 78.6. The SMILES string of the molecule is Cc1cc(C(=O)N2CCN(c3ccc4c(c3)C(=O)N(C3CCC(=O)NC3=O)C4=O)CC2)ccc1C(=O)O.